The largest absolute Gasteiger partial charge is 0.350 e. The molecule has 0 fully saturated rings. The monoisotopic (exact) mass is 370 g/mol. The molecule has 2 heterocycles. The molecule has 1 atom stereocenters. The SMILES string of the molecule is C[C@@H]1Cn2c(C(=O)NCCc3ccc(Cl)cc3)cc3cccc(c32)S1. The molecule has 2 aromatic carbocycles. The summed E-state index contributed by atoms with van der Waals surface area (Å²) in [5.41, 5.74) is 3.11. The Balaban J connectivity index is 1.52. The smallest absolute Gasteiger partial charge is 0.267 e. The molecule has 0 unspecified atom stereocenters. The van der Waals surface area contributed by atoms with E-state index in [4.69, 9.17) is 11.6 Å². The molecule has 5 heteroatoms. The second-order valence-corrected chi connectivity index (χ2v) is 8.31. The first-order valence-corrected chi connectivity index (χ1v) is 9.69. The van der Waals surface area contributed by atoms with Crippen LogP contribution in [0, 0.1) is 0 Å². The molecule has 0 aliphatic carbocycles. The summed E-state index contributed by atoms with van der Waals surface area (Å²) < 4.78 is 2.17. The lowest BCUT2D eigenvalue weighted by molar-refractivity contribution is 0.0945. The normalized spacial score (nSPS) is 16.2. The second kappa shape index (κ2) is 6.77. The number of rotatable bonds is 4. The average molecular weight is 371 g/mol. The number of aromatic nitrogens is 1. The zero-order chi connectivity index (χ0) is 17.4. The number of hydrogen-bond acceptors (Lipinski definition) is 2. The fourth-order valence-electron chi connectivity index (χ4n) is 3.34. The van der Waals surface area contributed by atoms with Crippen LogP contribution in [0.1, 0.15) is 23.0 Å². The van der Waals surface area contributed by atoms with E-state index in [2.05, 4.69) is 35.0 Å². The molecule has 0 radical (unpaired) electrons. The molecule has 1 N–H and O–H groups in total. The van der Waals surface area contributed by atoms with Gasteiger partial charge >= 0.3 is 0 Å². The molecule has 25 heavy (non-hydrogen) atoms. The van der Waals surface area contributed by atoms with Gasteiger partial charge in [-0.25, -0.2) is 0 Å². The fraction of sp³-hybridized carbons (Fsp3) is 0.250. The number of carbonyl (C=O) groups is 1. The standard InChI is InChI=1S/C20H19ClN2OS/c1-13-12-23-17(11-15-3-2-4-18(25-13)19(15)23)20(24)22-10-9-14-5-7-16(21)8-6-14/h2-8,11,13H,9-10,12H2,1H3,(H,22,24)/t13-/m1/s1. The van der Waals surface area contributed by atoms with Crippen molar-refractivity contribution in [2.45, 2.75) is 30.0 Å². The van der Waals surface area contributed by atoms with Gasteiger partial charge in [-0.2, -0.15) is 0 Å². The van der Waals surface area contributed by atoms with Crippen LogP contribution in [0.25, 0.3) is 10.9 Å². The van der Waals surface area contributed by atoms with E-state index in [1.54, 1.807) is 0 Å². The van der Waals surface area contributed by atoms with E-state index in [9.17, 15) is 4.79 Å². The quantitative estimate of drug-likeness (QED) is 0.718. The van der Waals surface area contributed by atoms with Crippen LogP contribution in [0.4, 0.5) is 0 Å². The number of nitrogens with one attached hydrogen (secondary N) is 1. The molecule has 3 nitrogen and oxygen atoms in total. The van der Waals surface area contributed by atoms with Gasteiger partial charge in [0.25, 0.3) is 5.91 Å². The summed E-state index contributed by atoms with van der Waals surface area (Å²) in [4.78, 5) is 14.0. The number of carbonyl (C=O) groups excluding carboxylic acids is 1. The van der Waals surface area contributed by atoms with Gasteiger partial charge in [-0.3, -0.25) is 4.79 Å². The van der Waals surface area contributed by atoms with Crippen molar-refractivity contribution < 1.29 is 4.79 Å². The molecular weight excluding hydrogens is 352 g/mol. The first-order chi connectivity index (χ1) is 12.1. The Kier molecular flexibility index (Phi) is 4.48. The highest BCUT2D eigenvalue weighted by atomic mass is 35.5. The van der Waals surface area contributed by atoms with E-state index in [0.717, 1.165) is 29.1 Å². The number of para-hydroxylation sites is 1. The van der Waals surface area contributed by atoms with E-state index < -0.39 is 0 Å². The van der Waals surface area contributed by atoms with Crippen LogP contribution in [-0.2, 0) is 13.0 Å². The molecule has 1 aliphatic rings. The van der Waals surface area contributed by atoms with Crippen molar-refractivity contribution in [1.29, 1.82) is 0 Å². The Morgan fingerprint density at radius 3 is 2.88 bits per heavy atom. The molecule has 0 saturated carbocycles. The highest BCUT2D eigenvalue weighted by Gasteiger charge is 2.23. The average Bonchev–Trinajstić information content (AvgIpc) is 2.96. The van der Waals surface area contributed by atoms with Crippen molar-refractivity contribution in [3.8, 4) is 0 Å². The number of thioether (sulfide) groups is 1. The van der Waals surface area contributed by atoms with E-state index in [1.165, 1.54) is 16.0 Å². The maximum Gasteiger partial charge on any atom is 0.267 e. The second-order valence-electron chi connectivity index (χ2n) is 6.40. The molecule has 0 saturated heterocycles. The van der Waals surface area contributed by atoms with Crippen LogP contribution in [-0.4, -0.2) is 22.3 Å². The highest BCUT2D eigenvalue weighted by molar-refractivity contribution is 8.00. The van der Waals surface area contributed by atoms with E-state index in [0.29, 0.717) is 11.8 Å². The lowest BCUT2D eigenvalue weighted by Crippen LogP contribution is -2.29. The molecule has 1 amide bonds. The van der Waals surface area contributed by atoms with Gasteiger partial charge < -0.3 is 9.88 Å². The van der Waals surface area contributed by atoms with Gasteiger partial charge in [0, 0.05) is 33.6 Å². The van der Waals surface area contributed by atoms with Crippen LogP contribution < -0.4 is 5.32 Å². The molecule has 0 bridgehead atoms. The van der Waals surface area contributed by atoms with Gasteiger partial charge in [-0.05, 0) is 36.2 Å². The Morgan fingerprint density at radius 1 is 1.28 bits per heavy atom. The first kappa shape index (κ1) is 16.6. The topological polar surface area (TPSA) is 34.0 Å². The summed E-state index contributed by atoms with van der Waals surface area (Å²) in [5, 5.41) is 5.39. The third-order valence-electron chi connectivity index (χ3n) is 4.50. The first-order valence-electron chi connectivity index (χ1n) is 8.43. The molecule has 1 aromatic heterocycles. The van der Waals surface area contributed by atoms with Crippen LogP contribution in [0.3, 0.4) is 0 Å². The Hall–Kier alpha value is -1.91. The molecular formula is C20H19ClN2OS. The summed E-state index contributed by atoms with van der Waals surface area (Å²) in [6.07, 6.45) is 0.792. The zero-order valence-electron chi connectivity index (χ0n) is 14.0. The summed E-state index contributed by atoms with van der Waals surface area (Å²) in [6.45, 7) is 3.68. The van der Waals surface area contributed by atoms with Gasteiger partial charge in [0.2, 0.25) is 0 Å². The van der Waals surface area contributed by atoms with Gasteiger partial charge in [0.15, 0.2) is 0 Å². The third kappa shape index (κ3) is 3.29. The van der Waals surface area contributed by atoms with Gasteiger partial charge in [-0.15, -0.1) is 11.8 Å². The van der Waals surface area contributed by atoms with Crippen molar-refractivity contribution in [3.63, 3.8) is 0 Å². The van der Waals surface area contributed by atoms with Crippen molar-refractivity contribution >= 4 is 40.2 Å². The van der Waals surface area contributed by atoms with Crippen molar-refractivity contribution in [2.24, 2.45) is 0 Å². The summed E-state index contributed by atoms with van der Waals surface area (Å²) in [5.74, 6) is -0.00443. The summed E-state index contributed by atoms with van der Waals surface area (Å²) >= 11 is 7.79. The third-order valence-corrected chi connectivity index (χ3v) is 5.88. The van der Waals surface area contributed by atoms with E-state index >= 15 is 0 Å². The van der Waals surface area contributed by atoms with Crippen molar-refractivity contribution in [3.05, 3.63) is 64.8 Å². The lowest BCUT2D eigenvalue weighted by Gasteiger charge is -2.22. The minimum atomic E-state index is -0.00443. The Morgan fingerprint density at radius 2 is 2.08 bits per heavy atom. The number of amides is 1. The van der Waals surface area contributed by atoms with E-state index in [1.807, 2.05) is 42.1 Å². The lowest BCUT2D eigenvalue weighted by atomic mass is 10.1. The summed E-state index contributed by atoms with van der Waals surface area (Å²) in [6, 6.07) is 16.0. The molecule has 4 rings (SSSR count). The van der Waals surface area contributed by atoms with Crippen LogP contribution >= 0.6 is 23.4 Å². The van der Waals surface area contributed by atoms with Gasteiger partial charge in [-0.1, -0.05) is 42.8 Å². The molecule has 3 aromatic rings. The molecule has 1 aliphatic heterocycles. The summed E-state index contributed by atoms with van der Waals surface area (Å²) in [7, 11) is 0. The molecule has 128 valence electrons. The van der Waals surface area contributed by atoms with Gasteiger partial charge in [0.1, 0.15) is 5.69 Å². The van der Waals surface area contributed by atoms with Crippen LogP contribution in [0.15, 0.2) is 53.4 Å². The number of hydrogen-bond donors (Lipinski definition) is 1. The maximum atomic E-state index is 12.7. The van der Waals surface area contributed by atoms with Crippen molar-refractivity contribution in [1.82, 2.24) is 9.88 Å². The minimum absolute atomic E-state index is 0.00443. The Labute approximate surface area is 156 Å². The van der Waals surface area contributed by atoms with Gasteiger partial charge in [0.05, 0.1) is 5.52 Å². The minimum Gasteiger partial charge on any atom is -0.350 e. The Bertz CT molecular complexity index is 933. The zero-order valence-corrected chi connectivity index (χ0v) is 15.5. The predicted octanol–water partition coefficient (Wildman–Crippen LogP) is 4.76. The number of nitrogens with zero attached hydrogens (tertiary/aromatic N) is 1. The maximum absolute atomic E-state index is 12.7. The fourth-order valence-corrected chi connectivity index (χ4v) is 4.62. The van der Waals surface area contributed by atoms with E-state index in [-0.39, 0.29) is 5.91 Å². The van der Waals surface area contributed by atoms with Crippen LogP contribution in [0.5, 0.6) is 0 Å². The van der Waals surface area contributed by atoms with Crippen LogP contribution in [0.2, 0.25) is 5.02 Å². The molecule has 0 spiro atoms. The van der Waals surface area contributed by atoms with Crippen molar-refractivity contribution in [2.75, 3.05) is 6.54 Å². The highest BCUT2D eigenvalue weighted by Crippen LogP contribution is 2.38. The number of benzene rings is 2. The number of halogens is 1. The predicted molar refractivity (Wildman–Crippen MR) is 105 cm³/mol.